The molecule has 2 aliphatic rings. The van der Waals surface area contributed by atoms with Crippen molar-refractivity contribution in [1.29, 1.82) is 0 Å². The Morgan fingerprint density at radius 1 is 1.00 bits per heavy atom. The maximum Gasteiger partial charge on any atom is 0.254 e. The molecule has 0 spiro atoms. The van der Waals surface area contributed by atoms with Gasteiger partial charge in [-0.3, -0.25) is 14.6 Å². The van der Waals surface area contributed by atoms with Crippen molar-refractivity contribution in [3.8, 4) is 0 Å². The summed E-state index contributed by atoms with van der Waals surface area (Å²) in [6, 6.07) is 9.90. The summed E-state index contributed by atoms with van der Waals surface area (Å²) in [4.78, 5) is 31.0. The van der Waals surface area contributed by atoms with Crippen molar-refractivity contribution < 1.29 is 18.0 Å². The second-order valence-electron chi connectivity index (χ2n) is 7.86. The highest BCUT2D eigenvalue weighted by Gasteiger charge is 2.30. The van der Waals surface area contributed by atoms with E-state index in [2.05, 4.69) is 10.3 Å². The largest absolute Gasteiger partial charge is 0.354 e. The fraction of sp³-hybridized carbons (Fsp3) is 0.409. The van der Waals surface area contributed by atoms with Gasteiger partial charge < -0.3 is 10.2 Å². The van der Waals surface area contributed by atoms with Crippen LogP contribution >= 0.6 is 0 Å². The molecular formula is C22H26N4O4S. The van der Waals surface area contributed by atoms with Gasteiger partial charge in [-0.25, -0.2) is 8.42 Å². The summed E-state index contributed by atoms with van der Waals surface area (Å²) in [5.41, 5.74) is 1.52. The zero-order valence-corrected chi connectivity index (χ0v) is 18.1. The highest BCUT2D eigenvalue weighted by atomic mass is 32.2. The molecule has 8 nitrogen and oxygen atoms in total. The predicted octanol–water partition coefficient (Wildman–Crippen LogP) is 1.96. The lowest BCUT2D eigenvalue weighted by Gasteiger charge is -2.30. The third kappa shape index (κ3) is 4.62. The number of carbonyl (C=O) groups is 2. The summed E-state index contributed by atoms with van der Waals surface area (Å²) < 4.78 is 26.8. The van der Waals surface area contributed by atoms with E-state index in [4.69, 9.17) is 0 Å². The second-order valence-corrected chi connectivity index (χ2v) is 9.80. The van der Waals surface area contributed by atoms with Crippen LogP contribution in [0.1, 0.15) is 47.6 Å². The molecule has 2 aromatic rings. The molecule has 3 heterocycles. The van der Waals surface area contributed by atoms with Gasteiger partial charge in [0.25, 0.3) is 5.91 Å². The third-order valence-electron chi connectivity index (χ3n) is 5.85. The monoisotopic (exact) mass is 442 g/mol. The van der Waals surface area contributed by atoms with Gasteiger partial charge in [0, 0.05) is 37.6 Å². The maximum absolute atomic E-state index is 13.3. The van der Waals surface area contributed by atoms with Crippen LogP contribution < -0.4 is 5.32 Å². The Morgan fingerprint density at radius 2 is 1.74 bits per heavy atom. The Hall–Kier alpha value is -2.78. The number of amides is 2. The number of carbonyl (C=O) groups excluding carboxylic acids is 2. The molecule has 31 heavy (non-hydrogen) atoms. The zero-order valence-electron chi connectivity index (χ0n) is 17.2. The number of nitrogens with one attached hydrogen (secondary N) is 1. The first-order valence-electron chi connectivity index (χ1n) is 10.5. The van der Waals surface area contributed by atoms with E-state index in [9.17, 15) is 18.0 Å². The molecule has 0 aliphatic carbocycles. The normalized spacial score (nSPS) is 20.7. The number of pyridine rings is 1. The molecule has 0 radical (unpaired) electrons. The maximum atomic E-state index is 13.3. The van der Waals surface area contributed by atoms with Crippen LogP contribution in [0.3, 0.4) is 0 Å². The highest BCUT2D eigenvalue weighted by molar-refractivity contribution is 7.89. The number of hydrogen-bond donors (Lipinski definition) is 1. The van der Waals surface area contributed by atoms with E-state index in [0.29, 0.717) is 18.7 Å². The molecule has 2 aliphatic heterocycles. The summed E-state index contributed by atoms with van der Waals surface area (Å²) in [7, 11) is -3.78. The molecule has 9 heteroatoms. The molecule has 0 bridgehead atoms. The van der Waals surface area contributed by atoms with Crippen LogP contribution in [-0.4, -0.2) is 60.6 Å². The SMILES string of the molecule is O=C1CN(S(=O)(=O)c2ccc(C(=O)N3CCCCCC3c3ccncc3)cc2)CCN1. The van der Waals surface area contributed by atoms with Gasteiger partial charge in [-0.1, -0.05) is 12.8 Å². The quantitative estimate of drug-likeness (QED) is 0.780. The van der Waals surface area contributed by atoms with Crippen LogP contribution in [0.15, 0.2) is 53.7 Å². The average molecular weight is 443 g/mol. The number of rotatable bonds is 4. The van der Waals surface area contributed by atoms with Gasteiger partial charge in [0.1, 0.15) is 0 Å². The van der Waals surface area contributed by atoms with Crippen molar-refractivity contribution in [2.24, 2.45) is 0 Å². The minimum Gasteiger partial charge on any atom is -0.354 e. The summed E-state index contributed by atoms with van der Waals surface area (Å²) >= 11 is 0. The lowest BCUT2D eigenvalue weighted by molar-refractivity contribution is -0.122. The van der Waals surface area contributed by atoms with Gasteiger partial charge in [-0.2, -0.15) is 4.31 Å². The molecule has 1 N–H and O–H groups in total. The van der Waals surface area contributed by atoms with Crippen LogP contribution in [0, 0.1) is 0 Å². The fourth-order valence-corrected chi connectivity index (χ4v) is 5.59. The summed E-state index contributed by atoms with van der Waals surface area (Å²) in [6.07, 6.45) is 7.44. The van der Waals surface area contributed by atoms with Gasteiger partial charge in [0.15, 0.2) is 0 Å². The van der Waals surface area contributed by atoms with Gasteiger partial charge in [-0.15, -0.1) is 0 Å². The third-order valence-corrected chi connectivity index (χ3v) is 7.71. The average Bonchev–Trinajstić information content (AvgIpc) is 3.05. The lowest BCUT2D eigenvalue weighted by atomic mass is 10.0. The predicted molar refractivity (Wildman–Crippen MR) is 115 cm³/mol. The standard InChI is InChI=1S/C22H26N4O4S/c27-21-16-25(15-13-24-21)31(29,30)19-7-5-18(6-8-19)22(28)26-14-3-1-2-4-20(26)17-9-11-23-12-10-17/h5-12,20H,1-4,13-16H2,(H,24,27). The van der Waals surface area contributed by atoms with E-state index in [1.165, 1.54) is 12.1 Å². The molecule has 4 rings (SSSR count). The highest BCUT2D eigenvalue weighted by Crippen LogP contribution is 2.31. The molecule has 0 saturated carbocycles. The number of hydrogen-bond acceptors (Lipinski definition) is 5. The first kappa shape index (κ1) is 21.5. The van der Waals surface area contributed by atoms with Crippen molar-refractivity contribution in [3.63, 3.8) is 0 Å². The number of sulfonamides is 1. The number of likely N-dealkylation sites (tertiary alicyclic amines) is 1. The van der Waals surface area contributed by atoms with E-state index in [0.717, 1.165) is 35.6 Å². The first-order valence-corrected chi connectivity index (χ1v) is 12.0. The van der Waals surface area contributed by atoms with Crippen molar-refractivity contribution in [2.45, 2.75) is 36.6 Å². The van der Waals surface area contributed by atoms with Gasteiger partial charge >= 0.3 is 0 Å². The minimum atomic E-state index is -3.78. The molecule has 2 amide bonds. The lowest BCUT2D eigenvalue weighted by Crippen LogP contribution is -2.49. The summed E-state index contributed by atoms with van der Waals surface area (Å²) in [5, 5.41) is 2.62. The Balaban J connectivity index is 1.56. The van der Waals surface area contributed by atoms with E-state index < -0.39 is 10.0 Å². The van der Waals surface area contributed by atoms with Crippen LogP contribution in [0.5, 0.6) is 0 Å². The van der Waals surface area contributed by atoms with Crippen molar-refractivity contribution in [1.82, 2.24) is 19.5 Å². The molecule has 1 aromatic carbocycles. The van der Waals surface area contributed by atoms with E-state index in [-0.39, 0.29) is 35.8 Å². The molecule has 1 aromatic heterocycles. The molecule has 2 fully saturated rings. The Kier molecular flexibility index (Phi) is 6.33. The van der Waals surface area contributed by atoms with E-state index in [1.54, 1.807) is 24.5 Å². The summed E-state index contributed by atoms with van der Waals surface area (Å²) in [5.74, 6) is -0.421. The van der Waals surface area contributed by atoms with Crippen LogP contribution in [-0.2, 0) is 14.8 Å². The second kappa shape index (κ2) is 9.15. The molecule has 2 saturated heterocycles. The molecular weight excluding hydrogens is 416 g/mol. The number of piperazine rings is 1. The van der Waals surface area contributed by atoms with Crippen LogP contribution in [0.2, 0.25) is 0 Å². The van der Waals surface area contributed by atoms with Gasteiger partial charge in [0.05, 0.1) is 17.5 Å². The van der Waals surface area contributed by atoms with E-state index >= 15 is 0 Å². The van der Waals surface area contributed by atoms with Crippen molar-refractivity contribution >= 4 is 21.8 Å². The smallest absolute Gasteiger partial charge is 0.254 e. The van der Waals surface area contributed by atoms with Crippen LogP contribution in [0.4, 0.5) is 0 Å². The number of aromatic nitrogens is 1. The zero-order chi connectivity index (χ0) is 21.8. The van der Waals surface area contributed by atoms with Gasteiger partial charge in [0.2, 0.25) is 15.9 Å². The fourth-order valence-electron chi connectivity index (χ4n) is 4.19. The van der Waals surface area contributed by atoms with Crippen molar-refractivity contribution in [3.05, 3.63) is 59.9 Å². The molecule has 164 valence electrons. The summed E-state index contributed by atoms with van der Waals surface area (Å²) in [6.45, 7) is 0.995. The number of nitrogens with zero attached hydrogens (tertiary/aromatic N) is 3. The van der Waals surface area contributed by atoms with Gasteiger partial charge in [-0.05, 0) is 54.8 Å². The Labute approximate surface area is 182 Å². The van der Waals surface area contributed by atoms with Crippen molar-refractivity contribution in [2.75, 3.05) is 26.2 Å². The molecule has 1 atom stereocenters. The Bertz CT molecular complexity index is 1040. The van der Waals surface area contributed by atoms with Crippen LogP contribution in [0.25, 0.3) is 0 Å². The molecule has 1 unspecified atom stereocenters. The minimum absolute atomic E-state index is 0.0201. The number of benzene rings is 1. The first-order chi connectivity index (χ1) is 15.0. The van der Waals surface area contributed by atoms with E-state index in [1.807, 2.05) is 17.0 Å². The Morgan fingerprint density at radius 3 is 2.45 bits per heavy atom. The topological polar surface area (TPSA) is 99.7 Å².